The minimum atomic E-state index is -0.424. The van der Waals surface area contributed by atoms with E-state index in [2.05, 4.69) is 15.9 Å². The molecule has 2 rings (SSSR count). The number of methoxy groups -OCH3 is 1. The molecule has 0 fully saturated rings. The molecule has 2 aromatic carbocycles. The third kappa shape index (κ3) is 3.92. The second-order valence-corrected chi connectivity index (χ2v) is 5.62. The highest BCUT2D eigenvalue weighted by Crippen LogP contribution is 2.24. The van der Waals surface area contributed by atoms with Crippen molar-refractivity contribution in [2.24, 2.45) is 5.73 Å². The standard InChI is InChI=1S/C15H13BrFNO2S/c1-19-13-4-2-9(6-11(13)15(18)21)8-20-14-5-3-10(16)7-12(14)17/h2-7H,8H2,1H3,(H2,18,21). The zero-order chi connectivity index (χ0) is 15.4. The highest BCUT2D eigenvalue weighted by molar-refractivity contribution is 9.10. The van der Waals surface area contributed by atoms with E-state index < -0.39 is 5.82 Å². The minimum absolute atomic E-state index is 0.186. The van der Waals surface area contributed by atoms with Crippen LogP contribution in [0.2, 0.25) is 0 Å². The van der Waals surface area contributed by atoms with Gasteiger partial charge in [-0.1, -0.05) is 34.2 Å². The Hall–Kier alpha value is -1.66. The van der Waals surface area contributed by atoms with E-state index in [0.717, 1.165) is 5.56 Å². The third-order valence-corrected chi connectivity index (χ3v) is 3.53. The van der Waals surface area contributed by atoms with E-state index in [1.54, 1.807) is 31.4 Å². The highest BCUT2D eigenvalue weighted by Gasteiger charge is 2.09. The molecule has 6 heteroatoms. The summed E-state index contributed by atoms with van der Waals surface area (Å²) in [6.45, 7) is 0.207. The number of ether oxygens (including phenoxy) is 2. The molecule has 0 aromatic heterocycles. The predicted octanol–water partition coefficient (Wildman–Crippen LogP) is 3.81. The summed E-state index contributed by atoms with van der Waals surface area (Å²) in [5.41, 5.74) is 7.10. The molecule has 0 bridgehead atoms. The second-order valence-electron chi connectivity index (χ2n) is 4.26. The zero-order valence-electron chi connectivity index (χ0n) is 11.2. The van der Waals surface area contributed by atoms with Gasteiger partial charge < -0.3 is 15.2 Å². The summed E-state index contributed by atoms with van der Waals surface area (Å²) in [6.07, 6.45) is 0. The summed E-state index contributed by atoms with van der Waals surface area (Å²) in [5.74, 6) is 0.361. The molecule has 2 N–H and O–H groups in total. The van der Waals surface area contributed by atoms with Crippen LogP contribution in [0, 0.1) is 5.82 Å². The minimum Gasteiger partial charge on any atom is -0.496 e. The van der Waals surface area contributed by atoms with Gasteiger partial charge in [-0.25, -0.2) is 4.39 Å². The van der Waals surface area contributed by atoms with E-state index in [1.165, 1.54) is 6.07 Å². The summed E-state index contributed by atoms with van der Waals surface area (Å²) < 4.78 is 25.0. The van der Waals surface area contributed by atoms with Gasteiger partial charge in [0.2, 0.25) is 0 Å². The van der Waals surface area contributed by atoms with Crippen LogP contribution in [0.1, 0.15) is 11.1 Å². The first-order valence-corrected chi connectivity index (χ1v) is 7.26. The fourth-order valence-corrected chi connectivity index (χ4v) is 2.28. The molecule has 0 radical (unpaired) electrons. The van der Waals surface area contributed by atoms with Crippen LogP contribution in [0.25, 0.3) is 0 Å². The maximum absolute atomic E-state index is 13.7. The van der Waals surface area contributed by atoms with Gasteiger partial charge >= 0.3 is 0 Å². The molecule has 0 aliphatic carbocycles. The molecule has 2 aromatic rings. The van der Waals surface area contributed by atoms with Gasteiger partial charge in [0, 0.05) is 4.47 Å². The highest BCUT2D eigenvalue weighted by atomic mass is 79.9. The van der Waals surface area contributed by atoms with Crippen LogP contribution in [0.3, 0.4) is 0 Å². The average molecular weight is 370 g/mol. The smallest absolute Gasteiger partial charge is 0.166 e. The Labute approximate surface area is 136 Å². The SMILES string of the molecule is COc1ccc(COc2ccc(Br)cc2F)cc1C(N)=S. The van der Waals surface area contributed by atoms with Crippen LogP contribution in [0.5, 0.6) is 11.5 Å². The molecule has 0 heterocycles. The number of halogens is 2. The zero-order valence-corrected chi connectivity index (χ0v) is 13.6. The first-order chi connectivity index (χ1) is 10.0. The van der Waals surface area contributed by atoms with Crippen molar-refractivity contribution >= 4 is 33.1 Å². The van der Waals surface area contributed by atoms with Gasteiger partial charge in [-0.15, -0.1) is 0 Å². The van der Waals surface area contributed by atoms with Gasteiger partial charge in [0.1, 0.15) is 17.3 Å². The van der Waals surface area contributed by atoms with E-state index in [9.17, 15) is 4.39 Å². The number of thiocarbonyl (C=S) groups is 1. The normalized spacial score (nSPS) is 10.2. The lowest BCUT2D eigenvalue weighted by Gasteiger charge is -2.11. The first-order valence-electron chi connectivity index (χ1n) is 6.06. The van der Waals surface area contributed by atoms with Crippen molar-refractivity contribution in [2.45, 2.75) is 6.61 Å². The van der Waals surface area contributed by atoms with Gasteiger partial charge in [-0.2, -0.15) is 0 Å². The molecule has 3 nitrogen and oxygen atoms in total. The Morgan fingerprint density at radius 1 is 1.24 bits per heavy atom. The number of benzene rings is 2. The molecule has 110 valence electrons. The summed E-state index contributed by atoms with van der Waals surface area (Å²) in [5, 5.41) is 0. The Morgan fingerprint density at radius 2 is 1.95 bits per heavy atom. The van der Waals surface area contributed by atoms with Crippen molar-refractivity contribution in [3.05, 3.63) is 57.8 Å². The second kappa shape index (κ2) is 6.87. The van der Waals surface area contributed by atoms with Gasteiger partial charge in [0.05, 0.1) is 12.7 Å². The van der Waals surface area contributed by atoms with Crippen LogP contribution in [-0.2, 0) is 6.61 Å². The van der Waals surface area contributed by atoms with Gasteiger partial charge in [-0.3, -0.25) is 0 Å². The lowest BCUT2D eigenvalue weighted by atomic mass is 10.1. The summed E-state index contributed by atoms with van der Waals surface area (Å²) in [6, 6.07) is 9.98. The van der Waals surface area contributed by atoms with Crippen molar-refractivity contribution in [1.29, 1.82) is 0 Å². The Morgan fingerprint density at radius 3 is 2.57 bits per heavy atom. The molecule has 0 atom stereocenters. The molecule has 0 aliphatic rings. The van der Waals surface area contributed by atoms with Crippen molar-refractivity contribution in [1.82, 2.24) is 0 Å². The van der Waals surface area contributed by atoms with E-state index in [4.69, 9.17) is 27.4 Å². The van der Waals surface area contributed by atoms with Crippen molar-refractivity contribution < 1.29 is 13.9 Å². The van der Waals surface area contributed by atoms with Crippen molar-refractivity contribution in [3.63, 3.8) is 0 Å². The molecule has 21 heavy (non-hydrogen) atoms. The molecule has 0 amide bonds. The molecular weight excluding hydrogens is 357 g/mol. The van der Waals surface area contributed by atoms with E-state index >= 15 is 0 Å². The fourth-order valence-electron chi connectivity index (χ4n) is 1.79. The van der Waals surface area contributed by atoms with Crippen LogP contribution in [0.4, 0.5) is 4.39 Å². The lowest BCUT2D eigenvalue weighted by Crippen LogP contribution is -2.12. The fraction of sp³-hybridized carbons (Fsp3) is 0.133. The van der Waals surface area contributed by atoms with Crippen molar-refractivity contribution in [2.75, 3.05) is 7.11 Å². The monoisotopic (exact) mass is 369 g/mol. The van der Waals surface area contributed by atoms with Crippen molar-refractivity contribution in [3.8, 4) is 11.5 Å². The lowest BCUT2D eigenvalue weighted by molar-refractivity contribution is 0.290. The van der Waals surface area contributed by atoms with Gasteiger partial charge in [-0.05, 0) is 35.9 Å². The third-order valence-electron chi connectivity index (χ3n) is 2.82. The van der Waals surface area contributed by atoms with E-state index in [0.29, 0.717) is 15.8 Å². The topological polar surface area (TPSA) is 44.5 Å². The Bertz CT molecular complexity index is 679. The Balaban J connectivity index is 2.16. The number of hydrogen-bond acceptors (Lipinski definition) is 3. The maximum atomic E-state index is 13.7. The molecule has 0 aliphatic heterocycles. The molecule has 0 saturated carbocycles. The van der Waals surface area contributed by atoms with E-state index in [-0.39, 0.29) is 17.3 Å². The molecule has 0 saturated heterocycles. The van der Waals surface area contributed by atoms with Crippen LogP contribution >= 0.6 is 28.1 Å². The number of hydrogen-bond donors (Lipinski definition) is 1. The summed E-state index contributed by atoms with van der Waals surface area (Å²) in [4.78, 5) is 0.239. The summed E-state index contributed by atoms with van der Waals surface area (Å²) in [7, 11) is 1.55. The Kier molecular flexibility index (Phi) is 5.14. The van der Waals surface area contributed by atoms with Gasteiger partial charge in [0.15, 0.2) is 11.6 Å². The largest absolute Gasteiger partial charge is 0.496 e. The first kappa shape index (κ1) is 15.7. The van der Waals surface area contributed by atoms with Crippen LogP contribution in [0.15, 0.2) is 40.9 Å². The number of nitrogens with two attached hydrogens (primary N) is 1. The molecule has 0 unspecified atom stereocenters. The molecular formula is C15H13BrFNO2S. The maximum Gasteiger partial charge on any atom is 0.166 e. The number of rotatable bonds is 5. The molecule has 0 spiro atoms. The van der Waals surface area contributed by atoms with Crippen LogP contribution in [-0.4, -0.2) is 12.1 Å². The van der Waals surface area contributed by atoms with E-state index in [1.807, 2.05) is 6.07 Å². The predicted molar refractivity (Wildman–Crippen MR) is 87.3 cm³/mol. The quantitative estimate of drug-likeness (QED) is 0.813. The average Bonchev–Trinajstić information content (AvgIpc) is 2.46. The van der Waals surface area contributed by atoms with Gasteiger partial charge in [0.25, 0.3) is 0 Å². The van der Waals surface area contributed by atoms with Crippen LogP contribution < -0.4 is 15.2 Å². The summed E-state index contributed by atoms with van der Waals surface area (Å²) >= 11 is 8.18.